The molecule has 0 aromatic carbocycles. The average molecular weight is 108 g/mol. The maximum Gasteiger partial charge on any atom is 0.571 e. The zero-order valence-corrected chi connectivity index (χ0v) is 4.53. The Morgan fingerprint density at radius 1 is 1.33 bits per heavy atom. The van der Waals surface area contributed by atoms with Crippen molar-refractivity contribution >= 4 is 18.0 Å². The van der Waals surface area contributed by atoms with E-state index in [1.165, 1.54) is 14.2 Å². The molecule has 0 saturated carbocycles. The van der Waals surface area contributed by atoms with Gasteiger partial charge in [-0.05, 0) is 0 Å². The molecule has 0 aliphatic heterocycles. The third-order valence-corrected chi connectivity index (χ3v) is 0.727. The monoisotopic (exact) mass is 108 g/mol. The first-order valence-electron chi connectivity index (χ1n) is 1.51. The van der Waals surface area contributed by atoms with Crippen LogP contribution in [0.25, 0.3) is 0 Å². The van der Waals surface area contributed by atoms with Crippen LogP contribution >= 0.6 is 11.5 Å². The summed E-state index contributed by atoms with van der Waals surface area (Å²) in [5.74, 6) is 0. The van der Waals surface area contributed by atoms with Crippen LogP contribution < -0.4 is 0 Å². The van der Waals surface area contributed by atoms with Gasteiger partial charge in [0.15, 0.2) is 0 Å². The van der Waals surface area contributed by atoms with Crippen LogP contribution in [0, 0.1) is 0 Å². The molecule has 4 heteroatoms. The first kappa shape index (κ1) is 6.27. The Balaban J connectivity index is 2.75. The molecule has 0 aliphatic rings. The maximum atomic E-state index is 5.21. The smallest absolute Gasteiger partial charge is 0.401 e. The second-order valence-electron chi connectivity index (χ2n) is 0.746. The van der Waals surface area contributed by atoms with E-state index in [9.17, 15) is 0 Å². The molecule has 36 valence electrons. The van der Waals surface area contributed by atoms with Crippen molar-refractivity contribution in [1.29, 1.82) is 0 Å². The van der Waals surface area contributed by atoms with E-state index < -0.39 is 6.53 Å². The van der Waals surface area contributed by atoms with Crippen molar-refractivity contribution in [2.45, 2.75) is 0 Å². The van der Waals surface area contributed by atoms with Crippen LogP contribution in [0.2, 0.25) is 0 Å². The molecular weight excluding hydrogens is 102 g/mol. The van der Waals surface area contributed by atoms with Crippen LogP contribution in [0.1, 0.15) is 0 Å². The molecule has 0 aliphatic carbocycles. The molecule has 0 fully saturated rings. The minimum atomic E-state index is -0.593. The predicted octanol–water partition coefficient (Wildman–Crippen LogP) is 0.503. The summed E-state index contributed by atoms with van der Waals surface area (Å²) in [6.07, 6.45) is 0. The minimum Gasteiger partial charge on any atom is -0.401 e. The lowest BCUT2D eigenvalue weighted by Gasteiger charge is -1.93. The predicted molar refractivity (Wildman–Crippen MR) is 25.6 cm³/mol. The van der Waals surface area contributed by atoms with E-state index in [1.54, 1.807) is 0 Å². The first-order valence-corrected chi connectivity index (χ1v) is 1.94. The Morgan fingerprint density at radius 2 is 1.67 bits per heavy atom. The van der Waals surface area contributed by atoms with Crippen molar-refractivity contribution in [3.63, 3.8) is 0 Å². The van der Waals surface area contributed by atoms with Crippen molar-refractivity contribution in [3.05, 3.63) is 0 Å². The van der Waals surface area contributed by atoms with E-state index in [0.717, 1.165) is 0 Å². The van der Waals surface area contributed by atoms with Gasteiger partial charge in [0.25, 0.3) is 0 Å². The molecule has 0 bridgehead atoms. The van der Waals surface area contributed by atoms with Gasteiger partial charge in [-0.1, -0.05) is 0 Å². The maximum absolute atomic E-state index is 5.21. The van der Waals surface area contributed by atoms with Crippen LogP contribution in [-0.4, -0.2) is 20.8 Å². The summed E-state index contributed by atoms with van der Waals surface area (Å²) >= 11 is 5.21. The largest absolute Gasteiger partial charge is 0.571 e. The lowest BCUT2D eigenvalue weighted by molar-refractivity contribution is 0.299. The van der Waals surface area contributed by atoms with E-state index in [0.29, 0.717) is 0 Å². The number of rotatable bonds is 2. The molecule has 0 aromatic rings. The minimum absolute atomic E-state index is 0.593. The molecule has 6 heavy (non-hydrogen) atoms. The van der Waals surface area contributed by atoms with Crippen LogP contribution in [-0.2, 0) is 9.31 Å². The molecule has 0 radical (unpaired) electrons. The summed E-state index contributed by atoms with van der Waals surface area (Å²) < 4.78 is 8.89. The molecule has 0 N–H and O–H groups in total. The van der Waals surface area contributed by atoms with Crippen molar-refractivity contribution < 1.29 is 9.31 Å². The molecule has 0 unspecified atom stereocenters. The number of hydrogen-bond donors (Lipinski definition) is 0. The van der Waals surface area contributed by atoms with E-state index in [2.05, 4.69) is 9.31 Å². The zero-order chi connectivity index (χ0) is 4.99. The lowest BCUT2D eigenvalue weighted by Crippen LogP contribution is -2.09. The molecule has 0 heterocycles. The van der Waals surface area contributed by atoms with Gasteiger partial charge in [0.05, 0.1) is 0 Å². The van der Waals surface area contributed by atoms with Gasteiger partial charge < -0.3 is 9.31 Å². The molecule has 0 amide bonds. The van der Waals surface area contributed by atoms with Crippen LogP contribution in [0.3, 0.4) is 0 Å². The molecular formula is C2H6BClO2. The fraction of sp³-hybridized carbons (Fsp3) is 1.00. The van der Waals surface area contributed by atoms with Gasteiger partial charge in [0.2, 0.25) is 0 Å². The molecule has 0 rings (SSSR count). The van der Waals surface area contributed by atoms with Gasteiger partial charge in [0, 0.05) is 14.2 Å². The lowest BCUT2D eigenvalue weighted by atomic mass is 10.4. The third-order valence-electron chi connectivity index (χ3n) is 0.371. The van der Waals surface area contributed by atoms with Crippen molar-refractivity contribution in [2.24, 2.45) is 0 Å². The second-order valence-corrected chi connectivity index (χ2v) is 1.10. The standard InChI is InChI=1S/C2H6BClO2/c1-5-3(4)6-2/h1-2H3. The van der Waals surface area contributed by atoms with Crippen molar-refractivity contribution in [2.75, 3.05) is 14.2 Å². The number of hydrogen-bond acceptors (Lipinski definition) is 2. The fourth-order valence-corrected chi connectivity index (χ4v) is 0.0962. The van der Waals surface area contributed by atoms with Crippen LogP contribution in [0.15, 0.2) is 0 Å². The Hall–Kier alpha value is 0.275. The van der Waals surface area contributed by atoms with Crippen LogP contribution in [0.4, 0.5) is 0 Å². The zero-order valence-electron chi connectivity index (χ0n) is 3.77. The summed E-state index contributed by atoms with van der Waals surface area (Å²) in [6, 6.07) is 0. The normalized spacial score (nSPS) is 8.50. The molecule has 0 saturated heterocycles. The fourth-order valence-electron chi connectivity index (χ4n) is 0.0962. The third kappa shape index (κ3) is 2.51. The van der Waals surface area contributed by atoms with E-state index in [1.807, 2.05) is 0 Å². The van der Waals surface area contributed by atoms with Gasteiger partial charge in [0.1, 0.15) is 0 Å². The topological polar surface area (TPSA) is 18.5 Å². The van der Waals surface area contributed by atoms with E-state index in [-0.39, 0.29) is 0 Å². The van der Waals surface area contributed by atoms with E-state index in [4.69, 9.17) is 11.5 Å². The highest BCUT2D eigenvalue weighted by Crippen LogP contribution is 1.86. The summed E-state index contributed by atoms with van der Waals surface area (Å²) in [7, 11) is 2.95. The Bertz CT molecular complexity index is 30.7. The second kappa shape index (κ2) is 3.46. The summed E-state index contributed by atoms with van der Waals surface area (Å²) in [4.78, 5) is 0. The summed E-state index contributed by atoms with van der Waals surface area (Å²) in [6.45, 7) is -0.593. The van der Waals surface area contributed by atoms with Crippen molar-refractivity contribution in [3.8, 4) is 0 Å². The van der Waals surface area contributed by atoms with Gasteiger partial charge in [-0.15, -0.1) is 11.5 Å². The molecule has 2 nitrogen and oxygen atoms in total. The Morgan fingerprint density at radius 3 is 1.67 bits per heavy atom. The average Bonchev–Trinajstić information content (AvgIpc) is 1.65. The first-order chi connectivity index (χ1) is 2.81. The van der Waals surface area contributed by atoms with Crippen molar-refractivity contribution in [1.82, 2.24) is 0 Å². The highest BCUT2D eigenvalue weighted by Gasteiger charge is 2.05. The molecule has 0 spiro atoms. The summed E-state index contributed by atoms with van der Waals surface area (Å²) in [5, 5.41) is 0. The quantitative estimate of drug-likeness (QED) is 0.480. The molecule has 0 atom stereocenters. The molecule has 0 aromatic heterocycles. The van der Waals surface area contributed by atoms with Gasteiger partial charge >= 0.3 is 6.53 Å². The van der Waals surface area contributed by atoms with E-state index >= 15 is 0 Å². The Kier molecular flexibility index (Phi) is 3.62. The number of halogens is 1. The van der Waals surface area contributed by atoms with Gasteiger partial charge in [-0.3, -0.25) is 0 Å². The van der Waals surface area contributed by atoms with Crippen LogP contribution in [0.5, 0.6) is 0 Å². The summed E-state index contributed by atoms with van der Waals surface area (Å²) in [5.41, 5.74) is 0. The highest BCUT2D eigenvalue weighted by atomic mass is 35.5. The van der Waals surface area contributed by atoms with Gasteiger partial charge in [-0.25, -0.2) is 0 Å². The SMILES string of the molecule is COB(Cl)OC. The Labute approximate surface area is 42.4 Å². The highest BCUT2D eigenvalue weighted by molar-refractivity contribution is 6.99. The van der Waals surface area contributed by atoms with Gasteiger partial charge in [-0.2, -0.15) is 0 Å².